The van der Waals surface area contributed by atoms with Gasteiger partial charge in [0.15, 0.2) is 0 Å². The SMILES string of the molecule is CC.CN(C)C(=O)NC1CCCCC1.CON(C)C(C)=O. The van der Waals surface area contributed by atoms with Gasteiger partial charge in [0.25, 0.3) is 0 Å². The number of nitrogens with one attached hydrogen (secondary N) is 1. The van der Waals surface area contributed by atoms with Gasteiger partial charge in [0, 0.05) is 34.1 Å². The Morgan fingerprint density at radius 3 is 1.81 bits per heavy atom. The monoisotopic (exact) mass is 303 g/mol. The molecule has 0 saturated heterocycles. The summed E-state index contributed by atoms with van der Waals surface area (Å²) in [6.07, 6.45) is 6.16. The van der Waals surface area contributed by atoms with Crippen molar-refractivity contribution >= 4 is 11.9 Å². The second kappa shape index (κ2) is 13.7. The highest BCUT2D eigenvalue weighted by molar-refractivity contribution is 5.73. The average Bonchev–Trinajstić information content (AvgIpc) is 2.49. The molecule has 0 aromatic heterocycles. The summed E-state index contributed by atoms with van der Waals surface area (Å²) in [6, 6.07) is 0.468. The number of amides is 3. The van der Waals surface area contributed by atoms with Gasteiger partial charge in [0.1, 0.15) is 0 Å². The van der Waals surface area contributed by atoms with Crippen LogP contribution in [0.1, 0.15) is 52.9 Å². The lowest BCUT2D eigenvalue weighted by Gasteiger charge is -2.24. The number of nitrogens with zero attached hydrogens (tertiary/aromatic N) is 2. The van der Waals surface area contributed by atoms with Gasteiger partial charge in [-0.3, -0.25) is 9.63 Å². The molecule has 1 aliphatic carbocycles. The summed E-state index contributed by atoms with van der Waals surface area (Å²) in [6.45, 7) is 5.43. The van der Waals surface area contributed by atoms with Crippen molar-refractivity contribution in [1.29, 1.82) is 0 Å². The summed E-state index contributed by atoms with van der Waals surface area (Å²) in [7, 11) is 6.56. The van der Waals surface area contributed by atoms with E-state index >= 15 is 0 Å². The number of carbonyl (C=O) groups is 2. The van der Waals surface area contributed by atoms with Gasteiger partial charge in [-0.1, -0.05) is 33.1 Å². The molecule has 1 saturated carbocycles. The van der Waals surface area contributed by atoms with Crippen molar-refractivity contribution in [2.45, 2.75) is 58.9 Å². The van der Waals surface area contributed by atoms with Gasteiger partial charge >= 0.3 is 6.03 Å². The molecule has 0 aromatic carbocycles. The predicted octanol–water partition coefficient (Wildman–Crippen LogP) is 2.64. The van der Waals surface area contributed by atoms with Crippen LogP contribution in [0.3, 0.4) is 0 Å². The molecule has 6 nitrogen and oxygen atoms in total. The standard InChI is InChI=1S/C9H18N2O.C4H9NO2.C2H6/c1-11(2)9(12)10-8-6-4-3-5-7-8;1-4(6)5(2)7-3;1-2/h8H,3-7H2,1-2H3,(H,10,12);1-3H3;1-2H3. The maximum atomic E-state index is 11.2. The number of hydrogen-bond donors (Lipinski definition) is 1. The van der Waals surface area contributed by atoms with E-state index in [9.17, 15) is 9.59 Å². The highest BCUT2D eigenvalue weighted by Gasteiger charge is 2.15. The van der Waals surface area contributed by atoms with Gasteiger partial charge in [0.2, 0.25) is 5.91 Å². The zero-order chi connectivity index (χ0) is 16.8. The first kappa shape index (κ1) is 22.0. The molecule has 1 rings (SSSR count). The molecule has 0 heterocycles. The van der Waals surface area contributed by atoms with E-state index in [0.717, 1.165) is 17.9 Å². The minimum absolute atomic E-state index is 0.0434. The Morgan fingerprint density at radius 1 is 1.05 bits per heavy atom. The van der Waals surface area contributed by atoms with Gasteiger partial charge < -0.3 is 10.2 Å². The summed E-state index contributed by atoms with van der Waals surface area (Å²) in [5, 5.41) is 4.16. The van der Waals surface area contributed by atoms with E-state index in [1.165, 1.54) is 33.3 Å². The first-order valence-electron chi connectivity index (χ1n) is 7.64. The van der Waals surface area contributed by atoms with Crippen LogP contribution >= 0.6 is 0 Å². The predicted molar refractivity (Wildman–Crippen MR) is 85.9 cm³/mol. The van der Waals surface area contributed by atoms with E-state index < -0.39 is 0 Å². The largest absolute Gasteiger partial charge is 0.335 e. The van der Waals surface area contributed by atoms with Crippen LogP contribution in [0.4, 0.5) is 4.79 Å². The van der Waals surface area contributed by atoms with Gasteiger partial charge in [0.05, 0.1) is 7.11 Å². The summed E-state index contributed by atoms with van der Waals surface area (Å²) < 4.78 is 0. The minimum Gasteiger partial charge on any atom is -0.335 e. The van der Waals surface area contributed by atoms with Gasteiger partial charge in [-0.25, -0.2) is 9.86 Å². The number of hydroxylamine groups is 2. The molecule has 1 N–H and O–H groups in total. The zero-order valence-corrected chi connectivity index (χ0v) is 14.7. The van der Waals surface area contributed by atoms with E-state index in [1.54, 1.807) is 26.0 Å². The lowest BCUT2D eigenvalue weighted by Crippen LogP contribution is -2.42. The second-order valence-electron chi connectivity index (χ2n) is 4.88. The molecule has 0 spiro atoms. The van der Waals surface area contributed by atoms with Crippen molar-refractivity contribution in [1.82, 2.24) is 15.3 Å². The molecular weight excluding hydrogens is 270 g/mol. The Morgan fingerprint density at radius 2 is 1.52 bits per heavy atom. The van der Waals surface area contributed by atoms with Gasteiger partial charge in [-0.2, -0.15) is 0 Å². The molecule has 126 valence electrons. The molecule has 21 heavy (non-hydrogen) atoms. The summed E-state index contributed by atoms with van der Waals surface area (Å²) in [5.41, 5.74) is 0. The van der Waals surface area contributed by atoms with E-state index in [0.29, 0.717) is 6.04 Å². The van der Waals surface area contributed by atoms with E-state index in [2.05, 4.69) is 10.2 Å². The van der Waals surface area contributed by atoms with Crippen LogP contribution in [-0.4, -0.2) is 56.2 Å². The maximum Gasteiger partial charge on any atom is 0.317 e. The Hall–Kier alpha value is -1.30. The minimum atomic E-state index is -0.0949. The van der Waals surface area contributed by atoms with E-state index in [4.69, 9.17) is 0 Å². The quantitative estimate of drug-likeness (QED) is 0.798. The zero-order valence-electron chi connectivity index (χ0n) is 14.7. The number of urea groups is 1. The third-order valence-corrected chi connectivity index (χ3v) is 3.06. The van der Waals surface area contributed by atoms with Crippen LogP contribution < -0.4 is 5.32 Å². The van der Waals surface area contributed by atoms with Crippen molar-refractivity contribution in [2.24, 2.45) is 0 Å². The smallest absolute Gasteiger partial charge is 0.317 e. The van der Waals surface area contributed by atoms with Crippen molar-refractivity contribution < 1.29 is 14.4 Å². The average molecular weight is 303 g/mol. The number of hydrogen-bond acceptors (Lipinski definition) is 3. The van der Waals surface area contributed by atoms with Crippen LogP contribution in [0, 0.1) is 0 Å². The molecule has 0 aliphatic heterocycles. The molecule has 0 bridgehead atoms. The molecule has 3 amide bonds. The summed E-state index contributed by atoms with van der Waals surface area (Å²) >= 11 is 0. The highest BCUT2D eigenvalue weighted by Crippen LogP contribution is 2.17. The summed E-state index contributed by atoms with van der Waals surface area (Å²) in [4.78, 5) is 27.5. The van der Waals surface area contributed by atoms with Crippen molar-refractivity contribution in [2.75, 3.05) is 28.3 Å². The first-order chi connectivity index (χ1) is 9.88. The molecule has 0 unspecified atom stereocenters. The van der Waals surface area contributed by atoms with Gasteiger partial charge in [-0.15, -0.1) is 0 Å². The van der Waals surface area contributed by atoms with E-state index in [-0.39, 0.29) is 11.9 Å². The molecular formula is C15H33N3O3. The maximum absolute atomic E-state index is 11.2. The number of rotatable bonds is 2. The fraction of sp³-hybridized carbons (Fsp3) is 0.867. The first-order valence-corrected chi connectivity index (χ1v) is 7.64. The highest BCUT2D eigenvalue weighted by atomic mass is 16.7. The lowest BCUT2D eigenvalue weighted by atomic mass is 9.96. The molecule has 0 aromatic rings. The van der Waals surface area contributed by atoms with Crippen LogP contribution in [0.5, 0.6) is 0 Å². The third-order valence-electron chi connectivity index (χ3n) is 3.06. The number of carbonyl (C=O) groups excluding carboxylic acids is 2. The molecule has 1 fully saturated rings. The third kappa shape index (κ3) is 12.2. The van der Waals surface area contributed by atoms with Crippen molar-refractivity contribution in [3.05, 3.63) is 0 Å². The van der Waals surface area contributed by atoms with Crippen LogP contribution in [0.25, 0.3) is 0 Å². The van der Waals surface area contributed by atoms with Crippen LogP contribution in [0.15, 0.2) is 0 Å². The molecule has 6 heteroatoms. The van der Waals surface area contributed by atoms with Gasteiger partial charge in [-0.05, 0) is 12.8 Å². The molecule has 0 radical (unpaired) electrons. The van der Waals surface area contributed by atoms with E-state index in [1.807, 2.05) is 13.8 Å². The molecule has 0 atom stereocenters. The van der Waals surface area contributed by atoms with Crippen LogP contribution in [-0.2, 0) is 9.63 Å². The Bertz CT molecular complexity index is 277. The Balaban J connectivity index is 0. The Labute approximate surface area is 129 Å². The lowest BCUT2D eigenvalue weighted by molar-refractivity contribution is -0.165. The topological polar surface area (TPSA) is 61.9 Å². The fourth-order valence-electron chi connectivity index (χ4n) is 1.68. The van der Waals surface area contributed by atoms with Crippen molar-refractivity contribution in [3.8, 4) is 0 Å². The fourth-order valence-corrected chi connectivity index (χ4v) is 1.68. The Kier molecular flexibility index (Phi) is 14.3. The van der Waals surface area contributed by atoms with Crippen molar-refractivity contribution in [3.63, 3.8) is 0 Å². The normalized spacial score (nSPS) is 13.9. The van der Waals surface area contributed by atoms with Crippen LogP contribution in [0.2, 0.25) is 0 Å². The molecule has 1 aliphatic rings. The second-order valence-corrected chi connectivity index (χ2v) is 4.88. The summed E-state index contributed by atoms with van der Waals surface area (Å²) in [5.74, 6) is -0.0949.